The van der Waals surface area contributed by atoms with E-state index < -0.39 is 0 Å². The predicted molar refractivity (Wildman–Crippen MR) is 84.2 cm³/mol. The van der Waals surface area contributed by atoms with Gasteiger partial charge in [-0.25, -0.2) is 0 Å². The zero-order valence-corrected chi connectivity index (χ0v) is 12.7. The first-order chi connectivity index (χ1) is 10.1. The van der Waals surface area contributed by atoms with Crippen molar-refractivity contribution in [1.29, 1.82) is 0 Å². The van der Waals surface area contributed by atoms with Crippen LogP contribution < -0.4 is 15.8 Å². The molecule has 5 heteroatoms. The second-order valence-electron chi connectivity index (χ2n) is 5.70. The molecule has 0 saturated carbocycles. The van der Waals surface area contributed by atoms with Gasteiger partial charge in [0.25, 0.3) is 5.91 Å². The third-order valence-electron chi connectivity index (χ3n) is 3.90. The fraction of sp³-hybridized carbons (Fsp3) is 0.562. The van der Waals surface area contributed by atoms with Crippen molar-refractivity contribution < 1.29 is 9.53 Å². The summed E-state index contributed by atoms with van der Waals surface area (Å²) >= 11 is 0. The molecule has 1 fully saturated rings. The number of ether oxygens (including phenoxy) is 1. The van der Waals surface area contributed by atoms with Crippen molar-refractivity contribution in [3.63, 3.8) is 0 Å². The van der Waals surface area contributed by atoms with Crippen molar-refractivity contribution in [2.75, 3.05) is 38.5 Å². The van der Waals surface area contributed by atoms with Gasteiger partial charge in [-0.3, -0.25) is 4.79 Å². The van der Waals surface area contributed by atoms with Gasteiger partial charge in [0.2, 0.25) is 0 Å². The Morgan fingerprint density at radius 3 is 2.81 bits per heavy atom. The van der Waals surface area contributed by atoms with E-state index in [0.29, 0.717) is 18.0 Å². The normalized spacial score (nSPS) is 16.6. The van der Waals surface area contributed by atoms with Gasteiger partial charge < -0.3 is 20.7 Å². The Morgan fingerprint density at radius 1 is 1.38 bits per heavy atom. The number of hydrogen-bond acceptors (Lipinski definition) is 4. The van der Waals surface area contributed by atoms with Crippen LogP contribution in [0.3, 0.4) is 0 Å². The highest BCUT2D eigenvalue weighted by atomic mass is 16.5. The molecule has 116 valence electrons. The van der Waals surface area contributed by atoms with Crippen LogP contribution in [0, 0.1) is 5.92 Å². The average molecular weight is 291 g/mol. The molecule has 1 amide bonds. The maximum Gasteiger partial charge on any atom is 0.257 e. The molecule has 1 saturated heterocycles. The van der Waals surface area contributed by atoms with Crippen LogP contribution in [-0.2, 0) is 4.79 Å². The number of rotatable bonds is 6. The monoisotopic (exact) mass is 291 g/mol. The van der Waals surface area contributed by atoms with Crippen LogP contribution in [0.1, 0.15) is 19.8 Å². The summed E-state index contributed by atoms with van der Waals surface area (Å²) in [6, 6.07) is 7.19. The highest BCUT2D eigenvalue weighted by molar-refractivity contribution is 5.77. The van der Waals surface area contributed by atoms with E-state index in [1.807, 2.05) is 12.1 Å². The summed E-state index contributed by atoms with van der Waals surface area (Å²) in [4.78, 5) is 14.1. The molecule has 0 spiro atoms. The van der Waals surface area contributed by atoms with Gasteiger partial charge in [0.05, 0.1) is 5.69 Å². The smallest absolute Gasteiger partial charge is 0.257 e. The number of amides is 1. The molecule has 1 aromatic rings. The van der Waals surface area contributed by atoms with E-state index in [0.717, 1.165) is 25.6 Å². The number of nitrogens with one attached hydrogen (secondary N) is 1. The zero-order chi connectivity index (χ0) is 15.1. The molecule has 1 aliphatic rings. The molecule has 0 atom stereocenters. The van der Waals surface area contributed by atoms with Gasteiger partial charge in [0.1, 0.15) is 5.75 Å². The average Bonchev–Trinajstić information content (AvgIpc) is 2.48. The number of anilines is 1. The molecule has 5 nitrogen and oxygen atoms in total. The van der Waals surface area contributed by atoms with Gasteiger partial charge in [-0.1, -0.05) is 19.1 Å². The lowest BCUT2D eigenvalue weighted by Crippen LogP contribution is -2.40. The summed E-state index contributed by atoms with van der Waals surface area (Å²) < 4.78 is 5.40. The van der Waals surface area contributed by atoms with Crippen LogP contribution in [0.2, 0.25) is 0 Å². The summed E-state index contributed by atoms with van der Waals surface area (Å²) in [6.45, 7) is 6.14. The van der Waals surface area contributed by atoms with Crippen molar-refractivity contribution in [2.45, 2.75) is 19.8 Å². The van der Waals surface area contributed by atoms with Gasteiger partial charge in [0, 0.05) is 13.1 Å². The Bertz CT molecular complexity index is 457. The molecule has 0 unspecified atom stereocenters. The fourth-order valence-corrected chi connectivity index (χ4v) is 2.45. The van der Waals surface area contributed by atoms with Gasteiger partial charge in [0.15, 0.2) is 6.61 Å². The summed E-state index contributed by atoms with van der Waals surface area (Å²) in [5, 5.41) is 2.88. The van der Waals surface area contributed by atoms with Crippen molar-refractivity contribution in [3.05, 3.63) is 24.3 Å². The van der Waals surface area contributed by atoms with Crippen molar-refractivity contribution in [3.8, 4) is 5.75 Å². The second-order valence-corrected chi connectivity index (χ2v) is 5.70. The minimum absolute atomic E-state index is 0.00521. The summed E-state index contributed by atoms with van der Waals surface area (Å²) in [6.07, 6.45) is 2.51. The van der Waals surface area contributed by atoms with Crippen LogP contribution in [0.15, 0.2) is 24.3 Å². The number of benzene rings is 1. The van der Waals surface area contributed by atoms with Crippen LogP contribution in [0.5, 0.6) is 5.75 Å². The predicted octanol–water partition coefficient (Wildman–Crippen LogP) is 1.50. The molecule has 3 N–H and O–H groups in total. The maximum atomic E-state index is 11.7. The van der Waals surface area contributed by atoms with Gasteiger partial charge >= 0.3 is 0 Å². The van der Waals surface area contributed by atoms with E-state index >= 15 is 0 Å². The SMILES string of the molecule is CC1CCN(CCNC(=O)COc2ccccc2N)CC1. The van der Waals surface area contributed by atoms with Crippen LogP contribution in [-0.4, -0.2) is 43.6 Å². The lowest BCUT2D eigenvalue weighted by atomic mass is 9.99. The molecule has 1 aliphatic heterocycles. The van der Waals surface area contributed by atoms with Crippen molar-refractivity contribution in [1.82, 2.24) is 10.2 Å². The maximum absolute atomic E-state index is 11.7. The Hall–Kier alpha value is -1.75. The Balaban J connectivity index is 1.61. The van der Waals surface area contributed by atoms with E-state index in [1.54, 1.807) is 12.1 Å². The Kier molecular flexibility index (Phi) is 5.87. The summed E-state index contributed by atoms with van der Waals surface area (Å²) in [5.74, 6) is 1.28. The second kappa shape index (κ2) is 7.88. The number of nitrogens with zero attached hydrogens (tertiary/aromatic N) is 1. The first-order valence-electron chi connectivity index (χ1n) is 7.61. The molecule has 0 bridgehead atoms. The van der Waals surface area contributed by atoms with Crippen LogP contribution in [0.25, 0.3) is 0 Å². The highest BCUT2D eigenvalue weighted by Gasteiger charge is 2.15. The highest BCUT2D eigenvalue weighted by Crippen LogP contribution is 2.19. The number of para-hydroxylation sites is 2. The largest absolute Gasteiger partial charge is 0.482 e. The van der Waals surface area contributed by atoms with E-state index in [4.69, 9.17) is 10.5 Å². The minimum Gasteiger partial charge on any atom is -0.482 e. The topological polar surface area (TPSA) is 67.6 Å². The third-order valence-corrected chi connectivity index (χ3v) is 3.90. The molecular formula is C16H25N3O2. The van der Waals surface area contributed by atoms with Crippen LogP contribution in [0.4, 0.5) is 5.69 Å². The lowest BCUT2D eigenvalue weighted by molar-refractivity contribution is -0.123. The van der Waals surface area contributed by atoms with E-state index in [9.17, 15) is 4.79 Å². The number of nitrogen functional groups attached to an aromatic ring is 1. The van der Waals surface area contributed by atoms with Crippen molar-refractivity contribution >= 4 is 11.6 Å². The van der Waals surface area contributed by atoms with Crippen LogP contribution >= 0.6 is 0 Å². The number of hydrogen-bond donors (Lipinski definition) is 2. The quantitative estimate of drug-likeness (QED) is 0.779. The lowest BCUT2D eigenvalue weighted by Gasteiger charge is -2.30. The zero-order valence-electron chi connectivity index (χ0n) is 12.7. The summed E-state index contributed by atoms with van der Waals surface area (Å²) in [7, 11) is 0. The Morgan fingerprint density at radius 2 is 2.10 bits per heavy atom. The van der Waals surface area contributed by atoms with Gasteiger partial charge in [-0.2, -0.15) is 0 Å². The fourth-order valence-electron chi connectivity index (χ4n) is 2.45. The standard InChI is InChI=1S/C16H25N3O2/c1-13-6-9-19(10-7-13)11-8-18-16(20)12-21-15-5-3-2-4-14(15)17/h2-5,13H,6-12,17H2,1H3,(H,18,20). The third kappa shape index (κ3) is 5.27. The molecule has 0 aromatic heterocycles. The molecular weight excluding hydrogens is 266 g/mol. The number of piperidine rings is 1. The number of carbonyl (C=O) groups excluding carboxylic acids is 1. The first-order valence-corrected chi connectivity index (χ1v) is 7.61. The van der Waals surface area contributed by atoms with E-state index in [1.165, 1.54) is 12.8 Å². The number of carbonyl (C=O) groups is 1. The molecule has 0 aliphatic carbocycles. The van der Waals surface area contributed by atoms with Gasteiger partial charge in [-0.05, 0) is 44.0 Å². The summed E-state index contributed by atoms with van der Waals surface area (Å²) in [5.41, 5.74) is 6.30. The number of nitrogens with two attached hydrogens (primary N) is 1. The molecule has 1 heterocycles. The van der Waals surface area contributed by atoms with E-state index in [2.05, 4.69) is 17.1 Å². The minimum atomic E-state index is -0.108. The Labute approximate surface area is 126 Å². The van der Waals surface area contributed by atoms with E-state index in [-0.39, 0.29) is 12.5 Å². The first kappa shape index (κ1) is 15.6. The molecule has 1 aromatic carbocycles. The molecule has 0 radical (unpaired) electrons. The van der Waals surface area contributed by atoms with Gasteiger partial charge in [-0.15, -0.1) is 0 Å². The number of likely N-dealkylation sites (tertiary alicyclic amines) is 1. The molecule has 2 rings (SSSR count). The molecule has 21 heavy (non-hydrogen) atoms. The van der Waals surface area contributed by atoms with Crippen molar-refractivity contribution in [2.24, 2.45) is 5.92 Å².